The van der Waals surface area contributed by atoms with Gasteiger partial charge in [-0.05, 0) is 18.2 Å². The fourth-order valence-electron chi connectivity index (χ4n) is 1.76. The Hall–Kier alpha value is -2.14. The number of aliphatic hydroxyl groups excluding tert-OH is 1. The van der Waals surface area contributed by atoms with Crippen molar-refractivity contribution in [2.75, 3.05) is 6.61 Å². The minimum absolute atomic E-state index is 0.0909. The molecule has 21 heavy (non-hydrogen) atoms. The molecule has 0 unspecified atom stereocenters. The normalized spacial score (nSPS) is 11.0. The number of aryl methyl sites for hydroxylation is 1. The minimum Gasteiger partial charge on any atom is -0.384 e. The third kappa shape index (κ3) is 3.70. The summed E-state index contributed by atoms with van der Waals surface area (Å²) in [5.41, 5.74) is 1.10. The van der Waals surface area contributed by atoms with E-state index in [0.29, 0.717) is 5.56 Å². The van der Waals surface area contributed by atoms with Crippen molar-refractivity contribution in [2.45, 2.75) is 11.4 Å². The number of aromatic nitrogens is 2. The van der Waals surface area contributed by atoms with Crippen LogP contribution in [0, 0.1) is 11.8 Å². The van der Waals surface area contributed by atoms with Gasteiger partial charge in [-0.3, -0.25) is 4.68 Å². The van der Waals surface area contributed by atoms with E-state index in [0.717, 1.165) is 5.69 Å². The summed E-state index contributed by atoms with van der Waals surface area (Å²) in [6.07, 6.45) is 1.60. The van der Waals surface area contributed by atoms with Crippen LogP contribution in [0.4, 0.5) is 0 Å². The van der Waals surface area contributed by atoms with Gasteiger partial charge in [0.15, 0.2) is 0 Å². The summed E-state index contributed by atoms with van der Waals surface area (Å²) in [6.45, 7) is -0.183. The molecule has 2 N–H and O–H groups in total. The first-order valence-electron chi connectivity index (χ1n) is 6.20. The first kappa shape index (κ1) is 15.3. The van der Waals surface area contributed by atoms with Crippen LogP contribution in [-0.4, -0.2) is 29.9 Å². The smallest absolute Gasteiger partial charge is 0.242 e. The highest BCUT2D eigenvalue weighted by Crippen LogP contribution is 2.14. The maximum atomic E-state index is 12.4. The SMILES string of the molecule is Cn1nccc1CNS(=O)(=O)c1ccccc1C#CCO. The molecular weight excluding hydrogens is 290 g/mol. The maximum absolute atomic E-state index is 12.4. The van der Waals surface area contributed by atoms with Crippen molar-refractivity contribution in [3.63, 3.8) is 0 Å². The first-order valence-corrected chi connectivity index (χ1v) is 7.68. The van der Waals surface area contributed by atoms with Gasteiger partial charge in [-0.15, -0.1) is 0 Å². The number of sulfonamides is 1. The lowest BCUT2D eigenvalue weighted by Gasteiger charge is -2.08. The molecule has 1 heterocycles. The Morgan fingerprint density at radius 1 is 1.33 bits per heavy atom. The summed E-state index contributed by atoms with van der Waals surface area (Å²) >= 11 is 0. The molecule has 0 radical (unpaired) electrons. The van der Waals surface area contributed by atoms with Crippen LogP contribution in [0.1, 0.15) is 11.3 Å². The molecule has 110 valence electrons. The maximum Gasteiger partial charge on any atom is 0.242 e. The third-order valence-corrected chi connectivity index (χ3v) is 4.30. The Balaban J connectivity index is 2.26. The molecule has 0 aliphatic heterocycles. The average Bonchev–Trinajstić information content (AvgIpc) is 2.89. The van der Waals surface area contributed by atoms with Crippen LogP contribution in [-0.2, 0) is 23.6 Å². The lowest BCUT2D eigenvalue weighted by atomic mass is 10.2. The molecular formula is C14H15N3O3S. The van der Waals surface area contributed by atoms with E-state index in [-0.39, 0.29) is 18.0 Å². The number of hydrogen-bond acceptors (Lipinski definition) is 4. The minimum atomic E-state index is -3.69. The summed E-state index contributed by atoms with van der Waals surface area (Å²) in [5.74, 6) is 5.09. The summed E-state index contributed by atoms with van der Waals surface area (Å²) in [4.78, 5) is 0.0909. The van der Waals surface area contributed by atoms with E-state index in [1.807, 2.05) is 0 Å². The number of nitrogens with one attached hydrogen (secondary N) is 1. The van der Waals surface area contributed by atoms with Crippen LogP contribution in [0.15, 0.2) is 41.4 Å². The van der Waals surface area contributed by atoms with E-state index in [2.05, 4.69) is 21.7 Å². The standard InChI is InChI=1S/C14H15N3O3S/c1-17-13(8-9-15-17)11-16-21(19,20)14-7-3-2-5-12(14)6-4-10-18/h2-3,5,7-9,16,18H,10-11H2,1H3. The van der Waals surface area contributed by atoms with Crippen LogP contribution in [0.5, 0.6) is 0 Å². The zero-order valence-electron chi connectivity index (χ0n) is 11.4. The molecule has 0 aliphatic carbocycles. The van der Waals surface area contributed by atoms with Crippen molar-refractivity contribution in [1.29, 1.82) is 0 Å². The van der Waals surface area contributed by atoms with Gasteiger partial charge in [-0.2, -0.15) is 5.10 Å². The Morgan fingerprint density at radius 2 is 2.10 bits per heavy atom. The van der Waals surface area contributed by atoms with Gasteiger partial charge < -0.3 is 5.11 Å². The monoisotopic (exact) mass is 305 g/mol. The van der Waals surface area contributed by atoms with E-state index in [9.17, 15) is 8.42 Å². The Labute approximate surface area is 123 Å². The summed E-state index contributed by atoms with van der Waals surface area (Å²) < 4.78 is 28.8. The lowest BCUT2D eigenvalue weighted by Crippen LogP contribution is -2.25. The molecule has 1 aromatic heterocycles. The van der Waals surface area contributed by atoms with E-state index >= 15 is 0 Å². The fourth-order valence-corrected chi connectivity index (χ4v) is 2.92. The third-order valence-electron chi connectivity index (χ3n) is 2.84. The molecule has 0 aliphatic rings. The zero-order valence-corrected chi connectivity index (χ0v) is 12.3. The van der Waals surface area contributed by atoms with E-state index in [4.69, 9.17) is 5.11 Å². The zero-order chi connectivity index (χ0) is 15.3. The highest BCUT2D eigenvalue weighted by Gasteiger charge is 2.17. The summed E-state index contributed by atoms with van der Waals surface area (Å²) in [5, 5.41) is 12.7. The van der Waals surface area contributed by atoms with Crippen molar-refractivity contribution >= 4 is 10.0 Å². The molecule has 2 aromatic rings. The Kier molecular flexibility index (Phi) is 4.75. The van der Waals surface area contributed by atoms with Crippen molar-refractivity contribution in [3.8, 4) is 11.8 Å². The Morgan fingerprint density at radius 3 is 2.76 bits per heavy atom. The Bertz CT molecular complexity index is 785. The molecule has 1 aromatic carbocycles. The van der Waals surface area contributed by atoms with Crippen LogP contribution >= 0.6 is 0 Å². The van der Waals surface area contributed by atoms with Crippen molar-refractivity contribution < 1.29 is 13.5 Å². The molecule has 0 saturated heterocycles. The van der Waals surface area contributed by atoms with Gasteiger partial charge in [0.05, 0.1) is 17.1 Å². The average molecular weight is 305 g/mol. The number of nitrogens with zero attached hydrogens (tertiary/aromatic N) is 2. The summed E-state index contributed by atoms with van der Waals surface area (Å²) in [6, 6.07) is 8.14. The van der Waals surface area contributed by atoms with Gasteiger partial charge >= 0.3 is 0 Å². The van der Waals surface area contributed by atoms with Crippen LogP contribution in [0.2, 0.25) is 0 Å². The van der Waals surface area contributed by atoms with Crippen molar-refractivity contribution in [1.82, 2.24) is 14.5 Å². The van der Waals surface area contributed by atoms with Crippen molar-refractivity contribution in [3.05, 3.63) is 47.8 Å². The van der Waals surface area contributed by atoms with Gasteiger partial charge in [0.1, 0.15) is 6.61 Å². The van der Waals surface area contributed by atoms with Gasteiger partial charge in [0, 0.05) is 18.8 Å². The number of benzene rings is 1. The largest absolute Gasteiger partial charge is 0.384 e. The van der Waals surface area contributed by atoms with Gasteiger partial charge in [0.2, 0.25) is 10.0 Å². The van der Waals surface area contributed by atoms with Gasteiger partial charge in [0.25, 0.3) is 0 Å². The van der Waals surface area contributed by atoms with Crippen LogP contribution < -0.4 is 4.72 Å². The van der Waals surface area contributed by atoms with Gasteiger partial charge in [-0.1, -0.05) is 24.0 Å². The second-order valence-electron chi connectivity index (χ2n) is 4.23. The molecule has 0 saturated carbocycles. The number of aliphatic hydroxyl groups is 1. The van der Waals surface area contributed by atoms with E-state index in [1.165, 1.54) is 6.07 Å². The molecule has 2 rings (SSSR count). The lowest BCUT2D eigenvalue weighted by molar-refractivity contribution is 0.350. The molecule has 6 nitrogen and oxygen atoms in total. The summed E-state index contributed by atoms with van der Waals surface area (Å²) in [7, 11) is -1.95. The molecule has 7 heteroatoms. The van der Waals surface area contributed by atoms with Crippen molar-refractivity contribution in [2.24, 2.45) is 7.05 Å². The van der Waals surface area contributed by atoms with Gasteiger partial charge in [-0.25, -0.2) is 13.1 Å². The highest BCUT2D eigenvalue weighted by atomic mass is 32.2. The number of rotatable bonds is 4. The second-order valence-corrected chi connectivity index (χ2v) is 5.96. The quantitative estimate of drug-likeness (QED) is 0.793. The first-order chi connectivity index (χ1) is 10.0. The molecule has 0 bridgehead atoms. The van der Waals surface area contributed by atoms with Crippen LogP contribution in [0.25, 0.3) is 0 Å². The number of hydrogen-bond donors (Lipinski definition) is 2. The fraction of sp³-hybridized carbons (Fsp3) is 0.214. The second kappa shape index (κ2) is 6.54. The topological polar surface area (TPSA) is 84.2 Å². The van der Waals surface area contributed by atoms with E-state index < -0.39 is 10.0 Å². The predicted molar refractivity (Wildman–Crippen MR) is 77.6 cm³/mol. The van der Waals surface area contributed by atoms with Crippen LogP contribution in [0.3, 0.4) is 0 Å². The predicted octanol–water partition coefficient (Wildman–Crippen LogP) is 0.242. The van der Waals surface area contributed by atoms with E-state index in [1.54, 1.807) is 42.2 Å². The molecule has 0 atom stereocenters. The molecule has 0 amide bonds. The molecule has 0 spiro atoms. The molecule has 0 fully saturated rings. The highest BCUT2D eigenvalue weighted by molar-refractivity contribution is 7.89.